The number of carbonyl (C=O) groups is 2. The summed E-state index contributed by atoms with van der Waals surface area (Å²) in [5.74, 6) is 0.331. The van der Waals surface area contributed by atoms with Crippen molar-refractivity contribution in [2.45, 2.75) is 43.4 Å². The number of hydrogen-bond donors (Lipinski definition) is 3. The van der Waals surface area contributed by atoms with Crippen LogP contribution in [-0.4, -0.2) is 82.4 Å². The third-order valence-corrected chi connectivity index (χ3v) is 8.81. The standard InChI is InChI=1S/C32H39N9O2S/c1-22(42)36-26-8-6-24(7-9-26)29-30(34-2)31(33)39-32(38-29)44-21-27-5-3-4-25(37-27)10-11-28(43)41-18-16-40(17-19-41)20-23-12-14-35-15-13-23/h3-9,23,35H,10-21H2,1H3,(H,36,42)(H2,33,38,39)/i1D3. The smallest absolute Gasteiger partial charge is 0.253 e. The molecule has 1 aromatic carbocycles. The Labute approximate surface area is 267 Å². The van der Waals surface area contributed by atoms with Crippen LogP contribution in [0.1, 0.15) is 41.6 Å². The van der Waals surface area contributed by atoms with Gasteiger partial charge >= 0.3 is 0 Å². The summed E-state index contributed by atoms with van der Waals surface area (Å²) in [4.78, 5) is 46.4. The number of amides is 2. The van der Waals surface area contributed by atoms with Crippen LogP contribution in [0.2, 0.25) is 0 Å². The number of rotatable bonds is 10. The third-order valence-electron chi connectivity index (χ3n) is 7.93. The van der Waals surface area contributed by atoms with Gasteiger partial charge in [0.15, 0.2) is 5.16 Å². The fourth-order valence-corrected chi connectivity index (χ4v) is 6.32. The molecule has 2 aliphatic rings. The molecule has 2 amide bonds. The lowest BCUT2D eigenvalue weighted by Crippen LogP contribution is -2.50. The number of aryl methyl sites for hydroxylation is 1. The van der Waals surface area contributed by atoms with E-state index in [1.54, 1.807) is 12.1 Å². The highest BCUT2D eigenvalue weighted by Gasteiger charge is 2.24. The number of aromatic nitrogens is 3. The predicted molar refractivity (Wildman–Crippen MR) is 173 cm³/mol. The minimum absolute atomic E-state index is 0.0413. The quantitative estimate of drug-likeness (QED) is 0.176. The Bertz CT molecular complexity index is 1600. The largest absolute Gasteiger partial charge is 0.392 e. The highest BCUT2D eigenvalue weighted by Crippen LogP contribution is 2.35. The van der Waals surface area contributed by atoms with Gasteiger partial charge in [-0.3, -0.25) is 19.5 Å². The number of nitrogens with zero attached hydrogens (tertiary/aromatic N) is 6. The van der Waals surface area contributed by atoms with Crippen LogP contribution in [0.5, 0.6) is 0 Å². The van der Waals surface area contributed by atoms with Crippen molar-refractivity contribution < 1.29 is 13.7 Å². The van der Waals surface area contributed by atoms with Crippen LogP contribution in [0.4, 0.5) is 17.2 Å². The van der Waals surface area contributed by atoms with Gasteiger partial charge in [-0.15, -0.1) is 0 Å². The van der Waals surface area contributed by atoms with Gasteiger partial charge in [-0.25, -0.2) is 14.8 Å². The van der Waals surface area contributed by atoms with E-state index in [0.29, 0.717) is 40.7 Å². The summed E-state index contributed by atoms with van der Waals surface area (Å²) in [6.45, 7) is 11.6. The zero-order valence-corrected chi connectivity index (χ0v) is 25.4. The molecule has 11 nitrogen and oxygen atoms in total. The van der Waals surface area contributed by atoms with Gasteiger partial charge in [0.2, 0.25) is 11.8 Å². The van der Waals surface area contributed by atoms with Crippen LogP contribution in [-0.2, 0) is 21.8 Å². The SMILES string of the molecule is [2H]C([2H])([2H])C(=O)Nc1ccc(-c2nc(SCc3cccc(CCC(=O)N4CCN(CC5CCNCC5)CC4)n3)nc(N)c2[N+]#[C-])cc1. The maximum absolute atomic E-state index is 13.0. The van der Waals surface area contributed by atoms with Gasteiger partial charge in [-0.1, -0.05) is 30.0 Å². The summed E-state index contributed by atoms with van der Waals surface area (Å²) in [7, 11) is 0. The second kappa shape index (κ2) is 15.1. The van der Waals surface area contributed by atoms with Crippen LogP contribution < -0.4 is 16.4 Å². The number of benzene rings is 1. The van der Waals surface area contributed by atoms with E-state index < -0.39 is 12.8 Å². The molecule has 12 heteroatoms. The van der Waals surface area contributed by atoms with Crippen LogP contribution in [0, 0.1) is 12.5 Å². The molecule has 2 aromatic heterocycles. The molecule has 3 aromatic rings. The number of anilines is 2. The number of nitrogen functional groups attached to an aromatic ring is 1. The molecule has 2 fully saturated rings. The monoisotopic (exact) mass is 616 g/mol. The lowest BCUT2D eigenvalue weighted by molar-refractivity contribution is -0.133. The molecule has 230 valence electrons. The molecule has 0 unspecified atom stereocenters. The van der Waals surface area contributed by atoms with Crippen molar-refractivity contribution in [1.82, 2.24) is 30.1 Å². The van der Waals surface area contributed by atoms with Crippen molar-refractivity contribution >= 4 is 40.8 Å². The molecule has 0 saturated carbocycles. The first-order valence-electron chi connectivity index (χ1n) is 16.3. The number of carbonyl (C=O) groups excluding carboxylic acids is 2. The van der Waals surface area contributed by atoms with E-state index in [1.807, 2.05) is 23.1 Å². The molecule has 0 atom stereocenters. The van der Waals surface area contributed by atoms with Crippen molar-refractivity contribution in [3.8, 4) is 11.3 Å². The zero-order valence-electron chi connectivity index (χ0n) is 27.6. The Morgan fingerprint density at radius 3 is 2.57 bits per heavy atom. The fourth-order valence-electron chi connectivity index (χ4n) is 5.56. The highest BCUT2D eigenvalue weighted by molar-refractivity contribution is 7.98. The molecule has 4 heterocycles. The number of thioether (sulfide) groups is 1. The molecule has 4 N–H and O–H groups in total. The minimum atomic E-state index is -2.77. The van der Waals surface area contributed by atoms with Crippen molar-refractivity contribution in [2.75, 3.05) is 56.9 Å². The molecular formula is C32H39N9O2S. The predicted octanol–water partition coefficient (Wildman–Crippen LogP) is 4.00. The number of nitrogens with one attached hydrogen (secondary N) is 2. The van der Waals surface area contributed by atoms with Gasteiger partial charge in [0.1, 0.15) is 5.82 Å². The van der Waals surface area contributed by atoms with Crippen LogP contribution in [0.15, 0.2) is 47.6 Å². The molecule has 0 aliphatic carbocycles. The molecule has 0 spiro atoms. The van der Waals surface area contributed by atoms with Crippen molar-refractivity contribution in [2.24, 2.45) is 5.92 Å². The molecular weight excluding hydrogens is 574 g/mol. The fraction of sp³-hybridized carbons (Fsp3) is 0.438. The first-order chi connectivity index (χ1) is 22.6. The second-order valence-electron chi connectivity index (χ2n) is 11.0. The van der Waals surface area contributed by atoms with Gasteiger partial charge in [0.25, 0.3) is 5.69 Å². The number of nitrogens with two attached hydrogens (primary N) is 1. The van der Waals surface area contributed by atoms with Crippen molar-refractivity contribution in [1.29, 1.82) is 0 Å². The normalized spacial score (nSPS) is 17.2. The second-order valence-corrected chi connectivity index (χ2v) is 12.0. The summed E-state index contributed by atoms with van der Waals surface area (Å²) >= 11 is 1.33. The summed E-state index contributed by atoms with van der Waals surface area (Å²) < 4.78 is 21.7. The van der Waals surface area contributed by atoms with Gasteiger partial charge < -0.3 is 21.3 Å². The van der Waals surface area contributed by atoms with E-state index in [0.717, 1.165) is 63.1 Å². The maximum atomic E-state index is 13.0. The van der Waals surface area contributed by atoms with Crippen molar-refractivity contribution in [3.05, 3.63) is 65.3 Å². The number of pyridine rings is 1. The third kappa shape index (κ3) is 8.53. The maximum Gasteiger partial charge on any atom is 0.253 e. The molecule has 0 bridgehead atoms. The van der Waals surface area contributed by atoms with Gasteiger partial charge in [0, 0.05) is 67.2 Å². The Hall–Kier alpha value is -4.05. The van der Waals surface area contributed by atoms with E-state index >= 15 is 0 Å². The summed E-state index contributed by atoms with van der Waals surface area (Å²) in [5.41, 5.74) is 9.07. The first-order valence-corrected chi connectivity index (χ1v) is 15.8. The first kappa shape index (κ1) is 27.5. The average Bonchev–Trinajstić information content (AvgIpc) is 3.07. The Balaban J connectivity index is 1.14. The zero-order chi connectivity index (χ0) is 33.4. The van der Waals surface area contributed by atoms with E-state index in [1.165, 1.54) is 36.7 Å². The van der Waals surface area contributed by atoms with E-state index in [2.05, 4.69) is 30.3 Å². The molecule has 0 radical (unpaired) electrons. The molecule has 2 saturated heterocycles. The Morgan fingerprint density at radius 2 is 1.84 bits per heavy atom. The van der Waals surface area contributed by atoms with Crippen LogP contribution >= 0.6 is 11.8 Å². The minimum Gasteiger partial charge on any atom is -0.392 e. The Morgan fingerprint density at radius 1 is 1.09 bits per heavy atom. The summed E-state index contributed by atoms with van der Waals surface area (Å²) in [6, 6.07) is 12.1. The lowest BCUT2D eigenvalue weighted by atomic mass is 9.97. The highest BCUT2D eigenvalue weighted by atomic mass is 32.2. The topological polar surface area (TPSA) is 134 Å². The van der Waals surface area contributed by atoms with Crippen LogP contribution in [0.3, 0.4) is 0 Å². The van der Waals surface area contributed by atoms with Gasteiger partial charge in [0.05, 0.1) is 18.0 Å². The van der Waals surface area contributed by atoms with E-state index in [4.69, 9.17) is 21.4 Å². The van der Waals surface area contributed by atoms with Gasteiger partial charge in [-0.05, 0) is 68.1 Å². The lowest BCUT2D eigenvalue weighted by Gasteiger charge is -2.37. The average molecular weight is 617 g/mol. The van der Waals surface area contributed by atoms with E-state index in [9.17, 15) is 9.59 Å². The van der Waals surface area contributed by atoms with Crippen LogP contribution in [0.25, 0.3) is 16.1 Å². The van der Waals surface area contributed by atoms with Crippen molar-refractivity contribution in [3.63, 3.8) is 0 Å². The Kier molecular flexibility index (Phi) is 9.44. The summed E-state index contributed by atoms with van der Waals surface area (Å²) in [6.07, 6.45) is 3.44. The van der Waals surface area contributed by atoms with E-state index in [-0.39, 0.29) is 17.4 Å². The number of piperidine rings is 1. The van der Waals surface area contributed by atoms with Gasteiger partial charge in [-0.2, -0.15) is 0 Å². The molecule has 5 rings (SSSR count). The molecule has 2 aliphatic heterocycles. The molecule has 44 heavy (non-hydrogen) atoms. The summed E-state index contributed by atoms with van der Waals surface area (Å²) in [5, 5.41) is 6.14. The number of hydrogen-bond acceptors (Lipinski definition) is 9. The number of piperazine rings is 1.